The van der Waals surface area contributed by atoms with Gasteiger partial charge in [0.2, 0.25) is 0 Å². The first-order valence-corrected chi connectivity index (χ1v) is 9.50. The molecule has 8 nitrogen and oxygen atoms in total. The number of carbonyl (C=O) groups excluding carboxylic acids is 1. The maximum Gasteiger partial charge on any atom is 0.397 e. The lowest BCUT2D eigenvalue weighted by molar-refractivity contribution is -0.151. The van der Waals surface area contributed by atoms with Gasteiger partial charge in [0.05, 0.1) is 10.7 Å². The van der Waals surface area contributed by atoms with Gasteiger partial charge in [0.1, 0.15) is 16.5 Å². The number of rotatable bonds is 5. The van der Waals surface area contributed by atoms with Crippen LogP contribution >= 0.6 is 23.2 Å². The summed E-state index contributed by atoms with van der Waals surface area (Å²) in [6.45, 7) is 2.46. The molecule has 0 spiro atoms. The van der Waals surface area contributed by atoms with E-state index in [1.165, 1.54) is 24.3 Å². The molecule has 154 valence electrons. The topological polar surface area (TPSA) is 111 Å². The van der Waals surface area contributed by atoms with Crippen LogP contribution in [0.2, 0.25) is 10.0 Å². The van der Waals surface area contributed by atoms with Crippen molar-refractivity contribution in [1.29, 1.82) is 0 Å². The Morgan fingerprint density at radius 1 is 1.14 bits per heavy atom. The molecule has 0 saturated carbocycles. The Hall–Kier alpha value is -2.52. The molecule has 1 aliphatic heterocycles. The van der Waals surface area contributed by atoms with Gasteiger partial charge in [-0.25, -0.2) is 4.79 Å². The molecule has 0 aromatic heterocycles. The lowest BCUT2D eigenvalue weighted by atomic mass is 10.1. The average molecular weight is 441 g/mol. The van der Waals surface area contributed by atoms with Crippen molar-refractivity contribution >= 4 is 40.8 Å². The van der Waals surface area contributed by atoms with Crippen LogP contribution in [0.25, 0.3) is 0 Å². The third kappa shape index (κ3) is 4.73. The fourth-order valence-corrected chi connectivity index (χ4v) is 3.56. The summed E-state index contributed by atoms with van der Waals surface area (Å²) in [5.74, 6) is -3.06. The van der Waals surface area contributed by atoms with E-state index in [2.05, 4.69) is 4.90 Å². The van der Waals surface area contributed by atoms with E-state index in [1.54, 1.807) is 6.07 Å². The normalized spacial score (nSPS) is 14.0. The van der Waals surface area contributed by atoms with Crippen LogP contribution in [0.4, 0.5) is 5.69 Å². The van der Waals surface area contributed by atoms with Crippen LogP contribution in [0.15, 0.2) is 30.3 Å². The monoisotopic (exact) mass is 440 g/mol. The molecule has 29 heavy (non-hydrogen) atoms. The van der Waals surface area contributed by atoms with E-state index in [9.17, 15) is 19.9 Å². The van der Waals surface area contributed by atoms with Gasteiger partial charge in [-0.1, -0.05) is 23.2 Å². The number of carboxylic acids is 1. The smallest absolute Gasteiger partial charge is 0.397 e. The molecule has 2 aromatic carbocycles. The van der Waals surface area contributed by atoms with Crippen LogP contribution in [-0.4, -0.2) is 45.3 Å². The van der Waals surface area contributed by atoms with Gasteiger partial charge in [0, 0.05) is 12.1 Å². The standard InChI is InChI=1S/C19H18Cl2N2O6/c20-13-4-5-14(23(28)18(25)19(26)27)16(21)17(13)29-12-3-6-15(24)11(9-12)10-22-7-1-2-8-22/h3-6,9,24,28H,1-2,7-8,10H2,(H,26,27). The second kappa shape index (κ2) is 8.87. The van der Waals surface area contributed by atoms with Crippen molar-refractivity contribution in [1.82, 2.24) is 4.90 Å². The number of anilines is 1. The summed E-state index contributed by atoms with van der Waals surface area (Å²) in [6, 6.07) is 7.14. The molecule has 1 amide bonds. The van der Waals surface area contributed by atoms with Crippen LogP contribution in [0.1, 0.15) is 18.4 Å². The number of amides is 1. The Morgan fingerprint density at radius 2 is 1.83 bits per heavy atom. The summed E-state index contributed by atoms with van der Waals surface area (Å²) >= 11 is 12.3. The van der Waals surface area contributed by atoms with Crippen molar-refractivity contribution in [3.05, 3.63) is 45.9 Å². The molecule has 3 rings (SSSR count). The summed E-state index contributed by atoms with van der Waals surface area (Å²) in [4.78, 5) is 24.5. The molecule has 0 radical (unpaired) electrons. The molecule has 2 aromatic rings. The van der Waals surface area contributed by atoms with Crippen molar-refractivity contribution in [3.8, 4) is 17.2 Å². The SMILES string of the molecule is O=C(O)C(=O)N(O)c1ccc(Cl)c(Oc2ccc(O)c(CN3CCCC3)c2)c1Cl. The van der Waals surface area contributed by atoms with Gasteiger partial charge in [-0.15, -0.1) is 0 Å². The fraction of sp³-hybridized carbons (Fsp3) is 0.263. The first-order valence-electron chi connectivity index (χ1n) is 8.74. The number of ether oxygens (including phenoxy) is 1. The van der Waals surface area contributed by atoms with Gasteiger partial charge in [-0.05, 0) is 56.3 Å². The van der Waals surface area contributed by atoms with E-state index in [-0.39, 0.29) is 32.3 Å². The molecule has 1 fully saturated rings. The van der Waals surface area contributed by atoms with Gasteiger partial charge < -0.3 is 14.9 Å². The van der Waals surface area contributed by atoms with Crippen LogP contribution in [-0.2, 0) is 16.1 Å². The van der Waals surface area contributed by atoms with Gasteiger partial charge in [0.25, 0.3) is 0 Å². The highest BCUT2D eigenvalue weighted by Gasteiger charge is 2.26. The molecular formula is C19H18Cl2N2O6. The third-order valence-corrected chi connectivity index (χ3v) is 5.16. The summed E-state index contributed by atoms with van der Waals surface area (Å²) in [7, 11) is 0. The van der Waals surface area contributed by atoms with Crippen LogP contribution in [0, 0.1) is 0 Å². The number of nitrogens with zero attached hydrogens (tertiary/aromatic N) is 2. The number of phenolic OH excluding ortho intramolecular Hbond substituents is 1. The minimum absolute atomic E-state index is 0.0686. The molecule has 1 heterocycles. The van der Waals surface area contributed by atoms with Crippen LogP contribution in [0.5, 0.6) is 17.2 Å². The van der Waals surface area contributed by atoms with E-state index in [0.717, 1.165) is 25.9 Å². The Balaban J connectivity index is 1.89. The lowest BCUT2D eigenvalue weighted by Gasteiger charge is -2.19. The molecule has 1 aliphatic rings. The predicted molar refractivity (Wildman–Crippen MR) is 106 cm³/mol. The minimum Gasteiger partial charge on any atom is -0.508 e. The summed E-state index contributed by atoms with van der Waals surface area (Å²) in [5.41, 5.74) is 0.368. The molecule has 1 saturated heterocycles. The number of halogens is 2. The summed E-state index contributed by atoms with van der Waals surface area (Å²) in [6.07, 6.45) is 2.23. The van der Waals surface area contributed by atoms with E-state index < -0.39 is 11.9 Å². The zero-order valence-corrected chi connectivity index (χ0v) is 16.7. The number of aliphatic carboxylic acids is 1. The van der Waals surface area contributed by atoms with Crippen molar-refractivity contribution in [2.45, 2.75) is 19.4 Å². The van der Waals surface area contributed by atoms with Gasteiger partial charge in [-0.2, -0.15) is 5.06 Å². The number of carbonyl (C=O) groups is 2. The maximum atomic E-state index is 11.5. The molecule has 0 atom stereocenters. The first kappa shape index (κ1) is 21.2. The van der Waals surface area contributed by atoms with E-state index >= 15 is 0 Å². The number of hydroxylamine groups is 1. The number of benzene rings is 2. The van der Waals surface area contributed by atoms with Crippen molar-refractivity contribution in [3.63, 3.8) is 0 Å². The molecule has 0 aliphatic carbocycles. The number of phenols is 1. The van der Waals surface area contributed by atoms with Crippen molar-refractivity contribution < 1.29 is 29.7 Å². The van der Waals surface area contributed by atoms with Crippen LogP contribution < -0.4 is 9.80 Å². The summed E-state index contributed by atoms with van der Waals surface area (Å²) < 4.78 is 5.74. The number of hydrogen-bond donors (Lipinski definition) is 3. The predicted octanol–water partition coefficient (Wildman–Crippen LogP) is 3.89. The highest BCUT2D eigenvalue weighted by molar-refractivity contribution is 6.41. The number of hydrogen-bond acceptors (Lipinski definition) is 6. The molecule has 0 unspecified atom stereocenters. The minimum atomic E-state index is -1.86. The largest absolute Gasteiger partial charge is 0.508 e. The highest BCUT2D eigenvalue weighted by atomic mass is 35.5. The summed E-state index contributed by atoms with van der Waals surface area (Å²) in [5, 5.41) is 28.5. The van der Waals surface area contributed by atoms with Crippen molar-refractivity contribution in [2.24, 2.45) is 0 Å². The van der Waals surface area contributed by atoms with Gasteiger partial charge in [0.15, 0.2) is 5.75 Å². The molecular weight excluding hydrogens is 423 g/mol. The Bertz CT molecular complexity index is 947. The quantitative estimate of drug-likeness (QED) is 0.367. The number of aromatic hydroxyl groups is 1. The number of likely N-dealkylation sites (tertiary alicyclic amines) is 1. The van der Waals surface area contributed by atoms with E-state index in [0.29, 0.717) is 17.9 Å². The zero-order chi connectivity index (χ0) is 21.1. The number of carboxylic acid groups (broad SMARTS) is 1. The lowest BCUT2D eigenvalue weighted by Crippen LogP contribution is -2.33. The molecule has 10 heteroatoms. The molecule has 3 N–H and O–H groups in total. The Labute approximate surface area is 176 Å². The highest BCUT2D eigenvalue weighted by Crippen LogP contribution is 2.42. The third-order valence-electron chi connectivity index (χ3n) is 4.50. The first-order chi connectivity index (χ1) is 13.8. The van der Waals surface area contributed by atoms with Crippen molar-refractivity contribution in [2.75, 3.05) is 18.2 Å². The van der Waals surface area contributed by atoms with Crippen LogP contribution in [0.3, 0.4) is 0 Å². The second-order valence-electron chi connectivity index (χ2n) is 6.51. The van der Waals surface area contributed by atoms with Gasteiger partial charge >= 0.3 is 11.9 Å². The van der Waals surface area contributed by atoms with E-state index in [1.807, 2.05) is 0 Å². The zero-order valence-electron chi connectivity index (χ0n) is 15.1. The molecule has 0 bridgehead atoms. The fourth-order valence-electron chi connectivity index (χ4n) is 3.03. The van der Waals surface area contributed by atoms with Gasteiger partial charge in [-0.3, -0.25) is 14.9 Å². The maximum absolute atomic E-state index is 11.5. The Morgan fingerprint density at radius 3 is 2.48 bits per heavy atom. The van der Waals surface area contributed by atoms with E-state index in [4.69, 9.17) is 33.0 Å². The second-order valence-corrected chi connectivity index (χ2v) is 7.29. The average Bonchev–Trinajstić information content (AvgIpc) is 3.19. The Kier molecular flexibility index (Phi) is 6.49.